The molecule has 0 saturated heterocycles. The van der Waals surface area contributed by atoms with Crippen molar-refractivity contribution in [3.05, 3.63) is 34.4 Å². The predicted octanol–water partition coefficient (Wildman–Crippen LogP) is 3.62. The van der Waals surface area contributed by atoms with Crippen LogP contribution in [0.5, 0.6) is 0 Å². The van der Waals surface area contributed by atoms with E-state index in [9.17, 15) is 4.39 Å². The van der Waals surface area contributed by atoms with Crippen molar-refractivity contribution in [3.8, 4) is 11.4 Å². The van der Waals surface area contributed by atoms with Gasteiger partial charge in [-0.1, -0.05) is 11.6 Å². The van der Waals surface area contributed by atoms with E-state index in [2.05, 4.69) is 26.1 Å². The molecule has 1 saturated carbocycles. The van der Waals surface area contributed by atoms with Crippen LogP contribution in [0.4, 0.5) is 4.39 Å². The number of hydrogen-bond donors (Lipinski definition) is 1. The summed E-state index contributed by atoms with van der Waals surface area (Å²) in [4.78, 5) is 4.43. The molecule has 1 aromatic carbocycles. The summed E-state index contributed by atoms with van der Waals surface area (Å²) >= 11 is 3.16. The van der Waals surface area contributed by atoms with E-state index >= 15 is 0 Å². The van der Waals surface area contributed by atoms with Crippen LogP contribution >= 0.6 is 15.9 Å². The average molecular weight is 340 g/mol. The molecule has 2 aromatic rings. The Balaban J connectivity index is 1.84. The number of nitrogens with two attached hydrogens (primary N) is 1. The Morgan fingerprint density at radius 2 is 2.20 bits per heavy atom. The van der Waals surface area contributed by atoms with Gasteiger partial charge >= 0.3 is 0 Å². The molecule has 2 unspecified atom stereocenters. The Morgan fingerprint density at radius 1 is 1.35 bits per heavy atom. The summed E-state index contributed by atoms with van der Waals surface area (Å²) in [5, 5.41) is 3.99. The van der Waals surface area contributed by atoms with Gasteiger partial charge in [-0.25, -0.2) is 4.39 Å². The van der Waals surface area contributed by atoms with Crippen molar-refractivity contribution < 1.29 is 8.91 Å². The Labute approximate surface area is 124 Å². The summed E-state index contributed by atoms with van der Waals surface area (Å²) in [5.74, 6) is 1.05. The second-order valence-corrected chi connectivity index (χ2v) is 6.06. The van der Waals surface area contributed by atoms with Crippen LogP contribution in [0.2, 0.25) is 0 Å². The monoisotopic (exact) mass is 339 g/mol. The normalized spacial score (nSPS) is 22.9. The van der Waals surface area contributed by atoms with Gasteiger partial charge in [0.2, 0.25) is 11.7 Å². The van der Waals surface area contributed by atoms with Gasteiger partial charge in [0, 0.05) is 17.5 Å². The minimum Gasteiger partial charge on any atom is -0.339 e. The molecule has 0 aliphatic heterocycles. The van der Waals surface area contributed by atoms with Crippen LogP contribution in [0, 0.1) is 5.82 Å². The summed E-state index contributed by atoms with van der Waals surface area (Å²) in [7, 11) is 0. The lowest BCUT2D eigenvalue weighted by atomic mass is 9.86. The van der Waals surface area contributed by atoms with Gasteiger partial charge in [0.15, 0.2) is 0 Å². The SMILES string of the molecule is NC1CCCC(c2nc(-c3ccc(F)c(Br)c3)no2)C1. The van der Waals surface area contributed by atoms with Gasteiger partial charge in [-0.2, -0.15) is 4.98 Å². The third-order valence-corrected chi connectivity index (χ3v) is 4.29. The van der Waals surface area contributed by atoms with E-state index in [4.69, 9.17) is 10.3 Å². The molecule has 1 heterocycles. The Bertz CT molecular complexity index is 616. The molecular formula is C14H15BrFN3O. The van der Waals surface area contributed by atoms with Gasteiger partial charge in [-0.15, -0.1) is 0 Å². The third-order valence-electron chi connectivity index (χ3n) is 3.68. The van der Waals surface area contributed by atoms with E-state index < -0.39 is 0 Å². The highest BCUT2D eigenvalue weighted by Crippen LogP contribution is 2.32. The standard InChI is InChI=1S/C14H15BrFN3O/c15-11-7-8(4-5-12(11)16)13-18-14(20-19-13)9-2-1-3-10(17)6-9/h4-5,7,9-10H,1-3,6,17H2. The fraction of sp³-hybridized carbons (Fsp3) is 0.429. The van der Waals surface area contributed by atoms with Crippen LogP contribution in [-0.2, 0) is 0 Å². The Morgan fingerprint density at radius 3 is 2.95 bits per heavy atom. The smallest absolute Gasteiger partial charge is 0.230 e. The molecule has 20 heavy (non-hydrogen) atoms. The zero-order valence-corrected chi connectivity index (χ0v) is 12.4. The Hall–Kier alpha value is -1.27. The fourth-order valence-corrected chi connectivity index (χ4v) is 2.98. The van der Waals surface area contributed by atoms with E-state index in [1.165, 1.54) is 6.07 Å². The van der Waals surface area contributed by atoms with E-state index in [0.717, 1.165) is 31.2 Å². The molecule has 106 valence electrons. The molecule has 0 spiro atoms. The molecule has 3 rings (SSSR count). The molecule has 1 aromatic heterocycles. The highest BCUT2D eigenvalue weighted by atomic mass is 79.9. The summed E-state index contributed by atoms with van der Waals surface area (Å²) in [6.45, 7) is 0. The second-order valence-electron chi connectivity index (χ2n) is 5.21. The molecule has 0 radical (unpaired) electrons. The quantitative estimate of drug-likeness (QED) is 0.907. The lowest BCUT2D eigenvalue weighted by molar-refractivity contribution is 0.299. The minimum absolute atomic E-state index is 0.212. The summed E-state index contributed by atoms with van der Waals surface area (Å²) in [6.07, 6.45) is 4.06. The maximum Gasteiger partial charge on any atom is 0.230 e. The molecule has 1 aliphatic rings. The van der Waals surface area contributed by atoms with E-state index in [1.54, 1.807) is 12.1 Å². The van der Waals surface area contributed by atoms with Crippen molar-refractivity contribution in [2.45, 2.75) is 37.6 Å². The number of benzene rings is 1. The lowest BCUT2D eigenvalue weighted by Crippen LogP contribution is -2.26. The number of halogens is 2. The van der Waals surface area contributed by atoms with Crippen molar-refractivity contribution in [1.82, 2.24) is 10.1 Å². The molecule has 4 nitrogen and oxygen atoms in total. The summed E-state index contributed by atoms with van der Waals surface area (Å²) < 4.78 is 19.0. The second kappa shape index (κ2) is 5.61. The predicted molar refractivity (Wildman–Crippen MR) is 76.6 cm³/mol. The van der Waals surface area contributed by atoms with Crippen LogP contribution in [0.1, 0.15) is 37.5 Å². The fourth-order valence-electron chi connectivity index (χ4n) is 2.61. The van der Waals surface area contributed by atoms with E-state index in [-0.39, 0.29) is 17.8 Å². The van der Waals surface area contributed by atoms with Crippen molar-refractivity contribution in [3.63, 3.8) is 0 Å². The zero-order chi connectivity index (χ0) is 14.1. The molecule has 1 aliphatic carbocycles. The Kier molecular flexibility index (Phi) is 3.85. The highest BCUT2D eigenvalue weighted by Gasteiger charge is 2.25. The first kappa shape index (κ1) is 13.7. The largest absolute Gasteiger partial charge is 0.339 e. The van der Waals surface area contributed by atoms with Crippen molar-refractivity contribution in [2.24, 2.45) is 5.73 Å². The van der Waals surface area contributed by atoms with E-state index in [0.29, 0.717) is 16.2 Å². The van der Waals surface area contributed by atoms with Gasteiger partial charge in [-0.05, 0) is 53.4 Å². The van der Waals surface area contributed by atoms with Gasteiger partial charge < -0.3 is 10.3 Å². The zero-order valence-electron chi connectivity index (χ0n) is 10.9. The number of rotatable bonds is 2. The van der Waals surface area contributed by atoms with Gasteiger partial charge in [0.25, 0.3) is 0 Å². The molecule has 1 fully saturated rings. The molecule has 2 atom stereocenters. The van der Waals surface area contributed by atoms with Crippen LogP contribution in [0.3, 0.4) is 0 Å². The van der Waals surface area contributed by atoms with Crippen molar-refractivity contribution >= 4 is 15.9 Å². The molecule has 6 heteroatoms. The average Bonchev–Trinajstić information content (AvgIpc) is 2.92. The van der Waals surface area contributed by atoms with Gasteiger partial charge in [0.1, 0.15) is 5.82 Å². The van der Waals surface area contributed by atoms with Crippen LogP contribution in [0.15, 0.2) is 27.2 Å². The first-order valence-corrected chi connectivity index (χ1v) is 7.47. The first-order chi connectivity index (χ1) is 9.63. The van der Waals surface area contributed by atoms with Gasteiger partial charge in [0.05, 0.1) is 4.47 Å². The summed E-state index contributed by atoms with van der Waals surface area (Å²) in [5.41, 5.74) is 6.71. The number of nitrogens with zero attached hydrogens (tertiary/aromatic N) is 2. The lowest BCUT2D eigenvalue weighted by Gasteiger charge is -2.23. The van der Waals surface area contributed by atoms with E-state index in [1.807, 2.05) is 0 Å². The van der Waals surface area contributed by atoms with Crippen molar-refractivity contribution in [2.75, 3.05) is 0 Å². The van der Waals surface area contributed by atoms with Gasteiger partial charge in [-0.3, -0.25) is 0 Å². The molecule has 2 N–H and O–H groups in total. The maximum absolute atomic E-state index is 13.2. The third kappa shape index (κ3) is 2.76. The topological polar surface area (TPSA) is 64.9 Å². The molecule has 0 amide bonds. The maximum atomic E-state index is 13.2. The van der Waals surface area contributed by atoms with Crippen LogP contribution < -0.4 is 5.73 Å². The molecular weight excluding hydrogens is 325 g/mol. The highest BCUT2D eigenvalue weighted by molar-refractivity contribution is 9.10. The van der Waals surface area contributed by atoms with Crippen molar-refractivity contribution in [1.29, 1.82) is 0 Å². The number of hydrogen-bond acceptors (Lipinski definition) is 4. The first-order valence-electron chi connectivity index (χ1n) is 6.68. The summed E-state index contributed by atoms with van der Waals surface area (Å²) in [6, 6.07) is 4.88. The minimum atomic E-state index is -0.310. The number of aromatic nitrogens is 2. The van der Waals surface area contributed by atoms with Crippen LogP contribution in [0.25, 0.3) is 11.4 Å². The molecule has 0 bridgehead atoms. The van der Waals surface area contributed by atoms with Crippen LogP contribution in [-0.4, -0.2) is 16.2 Å².